The van der Waals surface area contributed by atoms with Gasteiger partial charge in [-0.2, -0.15) is 0 Å². The summed E-state index contributed by atoms with van der Waals surface area (Å²) in [6, 6.07) is 11.0. The van der Waals surface area contributed by atoms with Crippen molar-refractivity contribution in [3.05, 3.63) is 35.4 Å². The monoisotopic (exact) mass is 216 g/mol. The van der Waals surface area contributed by atoms with Crippen molar-refractivity contribution in [2.75, 3.05) is 0 Å². The zero-order valence-electron chi connectivity index (χ0n) is 11.6. The van der Waals surface area contributed by atoms with Crippen LogP contribution in [0.5, 0.6) is 0 Å². The molecule has 0 bridgehead atoms. The Morgan fingerprint density at radius 1 is 0.875 bits per heavy atom. The van der Waals surface area contributed by atoms with Crippen molar-refractivity contribution in [2.24, 2.45) is 0 Å². The van der Waals surface area contributed by atoms with Gasteiger partial charge < -0.3 is 0 Å². The standard InChI is InChI=1S/C16H24/c1-7-15(3,4)13-10-9-11-14(12-13)16(5,6)8-2/h10-11H,7-8H2,1-6H3. The zero-order valence-corrected chi connectivity index (χ0v) is 11.6. The Morgan fingerprint density at radius 2 is 1.25 bits per heavy atom. The molecule has 1 rings (SSSR count). The molecule has 0 fully saturated rings. The van der Waals surface area contributed by atoms with Crippen LogP contribution >= 0.6 is 0 Å². The van der Waals surface area contributed by atoms with Crippen LogP contribution in [0.4, 0.5) is 0 Å². The average Bonchev–Trinajstić information content (AvgIpc) is 2.29. The van der Waals surface area contributed by atoms with E-state index in [2.05, 4.69) is 65.8 Å². The number of rotatable bonds is 4. The molecule has 0 aliphatic heterocycles. The van der Waals surface area contributed by atoms with E-state index in [-0.39, 0.29) is 10.8 Å². The van der Waals surface area contributed by atoms with Gasteiger partial charge in [0.2, 0.25) is 0 Å². The summed E-state index contributed by atoms with van der Waals surface area (Å²) < 4.78 is 0. The van der Waals surface area contributed by atoms with Gasteiger partial charge in [-0.25, -0.2) is 0 Å². The van der Waals surface area contributed by atoms with Crippen LogP contribution in [0.25, 0.3) is 0 Å². The molecule has 1 aromatic rings. The van der Waals surface area contributed by atoms with Gasteiger partial charge in [-0.15, -0.1) is 0 Å². The molecule has 1 aromatic carbocycles. The van der Waals surface area contributed by atoms with E-state index in [9.17, 15) is 0 Å². The van der Waals surface area contributed by atoms with Gasteiger partial charge in [0.05, 0.1) is 0 Å². The summed E-state index contributed by atoms with van der Waals surface area (Å²) in [4.78, 5) is 0. The summed E-state index contributed by atoms with van der Waals surface area (Å²) >= 11 is 0. The van der Waals surface area contributed by atoms with Crippen molar-refractivity contribution in [3.8, 4) is 0 Å². The maximum absolute atomic E-state index is 3.60. The Hall–Kier alpha value is -0.780. The van der Waals surface area contributed by atoms with Crippen LogP contribution in [0.1, 0.15) is 65.5 Å². The van der Waals surface area contributed by atoms with Gasteiger partial charge in [0.25, 0.3) is 0 Å². The number of benzene rings is 1. The first-order chi connectivity index (χ1) is 7.33. The third-order valence-electron chi connectivity index (χ3n) is 3.95. The fourth-order valence-electron chi connectivity index (χ4n) is 1.54. The van der Waals surface area contributed by atoms with E-state index in [4.69, 9.17) is 0 Å². The summed E-state index contributed by atoms with van der Waals surface area (Å²) in [5, 5.41) is 0. The lowest BCUT2D eigenvalue weighted by molar-refractivity contribution is 0.487. The van der Waals surface area contributed by atoms with E-state index in [1.807, 2.05) is 0 Å². The molecule has 0 N–H and O–H groups in total. The van der Waals surface area contributed by atoms with Crippen molar-refractivity contribution >= 4 is 0 Å². The van der Waals surface area contributed by atoms with Crippen molar-refractivity contribution in [3.63, 3.8) is 0 Å². The van der Waals surface area contributed by atoms with Crippen LogP contribution in [0.3, 0.4) is 0 Å². The third-order valence-corrected chi connectivity index (χ3v) is 3.95. The van der Waals surface area contributed by atoms with Gasteiger partial charge in [0, 0.05) is 0 Å². The quantitative estimate of drug-likeness (QED) is 0.686. The second kappa shape index (κ2) is 4.61. The van der Waals surface area contributed by atoms with E-state index in [1.54, 1.807) is 0 Å². The second-order valence-corrected chi connectivity index (χ2v) is 5.88. The summed E-state index contributed by atoms with van der Waals surface area (Å²) in [5.74, 6) is 0. The Balaban J connectivity index is 3.14. The Morgan fingerprint density at radius 3 is 1.56 bits per heavy atom. The SMILES string of the molecule is CCC(C)(C)c1[c]c(C(C)(C)CC)c[c]c1. The molecule has 16 heavy (non-hydrogen) atoms. The smallest absolute Gasteiger partial charge is 0.00997 e. The Kier molecular flexibility index (Phi) is 3.83. The predicted molar refractivity (Wildman–Crippen MR) is 70.7 cm³/mol. The summed E-state index contributed by atoms with van der Waals surface area (Å²) in [6.45, 7) is 13.5. The second-order valence-electron chi connectivity index (χ2n) is 5.88. The molecule has 0 aliphatic carbocycles. The average molecular weight is 216 g/mol. The fraction of sp³-hybridized carbons (Fsp3) is 0.625. The zero-order chi connectivity index (χ0) is 12.4. The lowest BCUT2D eigenvalue weighted by Gasteiger charge is -2.27. The Labute approximate surface area is 101 Å². The van der Waals surface area contributed by atoms with Crippen molar-refractivity contribution in [1.82, 2.24) is 0 Å². The molecule has 0 aromatic heterocycles. The van der Waals surface area contributed by atoms with Crippen molar-refractivity contribution in [1.29, 1.82) is 0 Å². The molecular weight excluding hydrogens is 192 g/mol. The molecule has 88 valence electrons. The van der Waals surface area contributed by atoms with Gasteiger partial charge >= 0.3 is 0 Å². The first-order valence-electron chi connectivity index (χ1n) is 6.28. The van der Waals surface area contributed by atoms with Crippen molar-refractivity contribution in [2.45, 2.75) is 65.2 Å². The highest BCUT2D eigenvalue weighted by atomic mass is 14.3. The molecule has 0 atom stereocenters. The molecule has 0 nitrogen and oxygen atoms in total. The van der Waals surface area contributed by atoms with E-state index in [0.29, 0.717) is 0 Å². The van der Waals surface area contributed by atoms with E-state index >= 15 is 0 Å². The summed E-state index contributed by atoms with van der Waals surface area (Å²) in [5.41, 5.74) is 2.98. The highest BCUT2D eigenvalue weighted by Crippen LogP contribution is 2.31. The van der Waals surface area contributed by atoms with Crippen LogP contribution < -0.4 is 0 Å². The molecule has 0 saturated carbocycles. The van der Waals surface area contributed by atoms with Crippen LogP contribution in [0.2, 0.25) is 0 Å². The minimum absolute atomic E-state index is 0.205. The molecule has 0 heterocycles. The summed E-state index contributed by atoms with van der Waals surface area (Å²) in [6.07, 6.45) is 2.26. The lowest BCUT2D eigenvalue weighted by Crippen LogP contribution is -2.20. The van der Waals surface area contributed by atoms with Crippen molar-refractivity contribution < 1.29 is 0 Å². The minimum Gasteiger partial charge on any atom is -0.0646 e. The molecule has 0 saturated heterocycles. The fourth-order valence-corrected chi connectivity index (χ4v) is 1.54. The van der Waals surface area contributed by atoms with E-state index in [0.717, 1.165) is 12.8 Å². The van der Waals surface area contributed by atoms with Gasteiger partial charge in [0.15, 0.2) is 0 Å². The van der Waals surface area contributed by atoms with Gasteiger partial charge in [-0.3, -0.25) is 0 Å². The maximum atomic E-state index is 3.60. The van der Waals surface area contributed by atoms with Crippen LogP contribution in [0, 0.1) is 12.1 Å². The topological polar surface area (TPSA) is 0 Å². The molecule has 0 spiro atoms. The minimum atomic E-state index is 0.205. The molecule has 0 amide bonds. The third kappa shape index (κ3) is 2.66. The Bertz CT molecular complexity index is 314. The first kappa shape index (κ1) is 13.3. The van der Waals surface area contributed by atoms with Gasteiger partial charge in [-0.05, 0) is 59.1 Å². The molecule has 2 radical (unpaired) electrons. The van der Waals surface area contributed by atoms with E-state index < -0.39 is 0 Å². The van der Waals surface area contributed by atoms with Crippen LogP contribution in [0.15, 0.2) is 12.1 Å². The molecule has 0 heteroatoms. The summed E-state index contributed by atoms with van der Waals surface area (Å²) in [7, 11) is 0. The lowest BCUT2D eigenvalue weighted by atomic mass is 9.77. The van der Waals surface area contributed by atoms with E-state index in [1.165, 1.54) is 11.1 Å². The number of hydrogen-bond donors (Lipinski definition) is 0. The molecule has 0 unspecified atom stereocenters. The van der Waals surface area contributed by atoms with Gasteiger partial charge in [0.1, 0.15) is 0 Å². The highest BCUT2D eigenvalue weighted by Gasteiger charge is 2.23. The molecule has 0 aliphatic rings. The molecular formula is C16H24. The van der Waals surface area contributed by atoms with Crippen LogP contribution in [-0.2, 0) is 10.8 Å². The van der Waals surface area contributed by atoms with Crippen LogP contribution in [-0.4, -0.2) is 0 Å². The number of hydrogen-bond acceptors (Lipinski definition) is 0. The first-order valence-corrected chi connectivity index (χ1v) is 6.28. The largest absolute Gasteiger partial charge is 0.0646 e. The maximum Gasteiger partial charge on any atom is -0.00997 e. The van der Waals surface area contributed by atoms with Gasteiger partial charge in [-0.1, -0.05) is 41.5 Å². The highest BCUT2D eigenvalue weighted by molar-refractivity contribution is 5.31. The predicted octanol–water partition coefficient (Wildman–Crippen LogP) is 4.66. The normalized spacial score (nSPS) is 12.9.